The van der Waals surface area contributed by atoms with E-state index in [2.05, 4.69) is 20.9 Å². The van der Waals surface area contributed by atoms with E-state index < -0.39 is 0 Å². The predicted octanol–water partition coefficient (Wildman–Crippen LogP) is 4.35. The summed E-state index contributed by atoms with van der Waals surface area (Å²) in [5, 5.41) is 0.547. The number of halogens is 3. The van der Waals surface area contributed by atoms with E-state index >= 15 is 0 Å². The van der Waals surface area contributed by atoms with Crippen molar-refractivity contribution in [3.8, 4) is 11.4 Å². The van der Waals surface area contributed by atoms with Crippen molar-refractivity contribution in [1.82, 2.24) is 8.96 Å². The van der Waals surface area contributed by atoms with Crippen molar-refractivity contribution in [2.75, 3.05) is 0 Å². The van der Waals surface area contributed by atoms with E-state index in [4.69, 9.17) is 11.6 Å². The molecule has 6 heteroatoms. The standard InChI is InChI=1S/C9H5BrClFN2S/c10-8-5-14(15-12)9(13-8)6-3-1-2-4-7(6)11/h1-5H. The fraction of sp³-hybridized carbons (Fsp3) is 0. The van der Waals surface area contributed by atoms with E-state index in [9.17, 15) is 3.89 Å². The highest BCUT2D eigenvalue weighted by Gasteiger charge is 2.12. The van der Waals surface area contributed by atoms with Gasteiger partial charge in [0.15, 0.2) is 18.2 Å². The molecule has 0 fully saturated rings. The maximum atomic E-state index is 12.6. The third-order valence-electron chi connectivity index (χ3n) is 1.83. The van der Waals surface area contributed by atoms with Gasteiger partial charge in [0, 0.05) is 5.56 Å². The van der Waals surface area contributed by atoms with Gasteiger partial charge in [-0.05, 0) is 28.1 Å². The number of aromatic nitrogens is 2. The minimum Gasteiger partial charge on any atom is -0.244 e. The Labute approximate surface area is 104 Å². The fourth-order valence-corrected chi connectivity index (χ4v) is 2.28. The molecule has 0 unspecified atom stereocenters. The highest BCUT2D eigenvalue weighted by atomic mass is 79.9. The second-order valence-corrected chi connectivity index (χ2v) is 4.51. The Morgan fingerprint density at radius 3 is 2.80 bits per heavy atom. The smallest absolute Gasteiger partial charge is 0.171 e. The lowest BCUT2D eigenvalue weighted by molar-refractivity contribution is 0.916. The average Bonchev–Trinajstić information content (AvgIpc) is 2.60. The second-order valence-electron chi connectivity index (χ2n) is 2.76. The van der Waals surface area contributed by atoms with E-state index in [1.54, 1.807) is 18.3 Å². The fourth-order valence-electron chi connectivity index (χ4n) is 1.21. The number of imidazole rings is 1. The first kappa shape index (κ1) is 11.0. The predicted molar refractivity (Wildman–Crippen MR) is 64.5 cm³/mol. The van der Waals surface area contributed by atoms with Gasteiger partial charge in [0.05, 0.1) is 11.2 Å². The topological polar surface area (TPSA) is 17.8 Å². The van der Waals surface area contributed by atoms with Crippen LogP contribution in [0.2, 0.25) is 5.02 Å². The highest BCUT2D eigenvalue weighted by molar-refractivity contribution is 9.10. The first-order valence-electron chi connectivity index (χ1n) is 4.01. The quantitative estimate of drug-likeness (QED) is 0.821. The van der Waals surface area contributed by atoms with Crippen molar-refractivity contribution in [3.05, 3.63) is 40.1 Å². The lowest BCUT2D eigenvalue weighted by Crippen LogP contribution is -1.88. The summed E-state index contributed by atoms with van der Waals surface area (Å²) >= 11 is 9.27. The van der Waals surface area contributed by atoms with Crippen LogP contribution in [0.3, 0.4) is 0 Å². The number of rotatable bonds is 2. The maximum absolute atomic E-state index is 12.6. The van der Waals surface area contributed by atoms with E-state index in [-0.39, 0.29) is 12.3 Å². The first-order valence-corrected chi connectivity index (χ1v) is 5.85. The molecule has 0 bridgehead atoms. The zero-order valence-electron chi connectivity index (χ0n) is 7.32. The lowest BCUT2D eigenvalue weighted by atomic mass is 10.2. The molecule has 0 saturated carbocycles. The molecule has 1 heterocycles. The third kappa shape index (κ3) is 2.19. The SMILES string of the molecule is FSn1cc(Br)nc1-c1ccccc1Cl. The van der Waals surface area contributed by atoms with Gasteiger partial charge >= 0.3 is 0 Å². The number of hydrogen-bond donors (Lipinski definition) is 0. The van der Waals surface area contributed by atoms with Gasteiger partial charge in [-0.15, -0.1) is 3.89 Å². The Hall–Kier alpha value is -0.520. The summed E-state index contributed by atoms with van der Waals surface area (Å²) in [6.45, 7) is 0. The average molecular weight is 308 g/mol. The van der Waals surface area contributed by atoms with Crippen molar-refractivity contribution < 1.29 is 3.89 Å². The van der Waals surface area contributed by atoms with Gasteiger partial charge in [0.1, 0.15) is 4.60 Å². The Morgan fingerprint density at radius 1 is 1.40 bits per heavy atom. The van der Waals surface area contributed by atoms with Crippen LogP contribution in [0.25, 0.3) is 11.4 Å². The van der Waals surface area contributed by atoms with Crippen LogP contribution in [0, 0.1) is 0 Å². The molecule has 0 N–H and O–H groups in total. The van der Waals surface area contributed by atoms with Gasteiger partial charge in [0.25, 0.3) is 0 Å². The van der Waals surface area contributed by atoms with Crippen LogP contribution in [0.1, 0.15) is 0 Å². The van der Waals surface area contributed by atoms with Crippen molar-refractivity contribution in [2.45, 2.75) is 0 Å². The molecule has 2 rings (SSSR count). The zero-order chi connectivity index (χ0) is 10.8. The molecule has 0 saturated heterocycles. The molecule has 0 aliphatic heterocycles. The van der Waals surface area contributed by atoms with E-state index in [0.29, 0.717) is 21.0 Å². The van der Waals surface area contributed by atoms with Crippen LogP contribution in [0.5, 0.6) is 0 Å². The molecule has 2 nitrogen and oxygen atoms in total. The van der Waals surface area contributed by atoms with Crippen molar-refractivity contribution in [1.29, 1.82) is 0 Å². The van der Waals surface area contributed by atoms with Crippen molar-refractivity contribution in [2.24, 2.45) is 0 Å². The summed E-state index contributed by atoms with van der Waals surface area (Å²) in [6.07, 6.45) is 1.54. The Balaban J connectivity index is 2.58. The van der Waals surface area contributed by atoms with Crippen molar-refractivity contribution >= 4 is 39.9 Å². The molecule has 0 radical (unpaired) electrons. The molecule has 0 atom stereocenters. The van der Waals surface area contributed by atoms with Crippen LogP contribution >= 0.6 is 39.9 Å². The molecule has 0 spiro atoms. The zero-order valence-corrected chi connectivity index (χ0v) is 10.5. The van der Waals surface area contributed by atoms with Crippen LogP contribution < -0.4 is 0 Å². The lowest BCUT2D eigenvalue weighted by Gasteiger charge is -2.02. The van der Waals surface area contributed by atoms with Gasteiger partial charge < -0.3 is 0 Å². The van der Waals surface area contributed by atoms with E-state index in [1.807, 2.05) is 12.1 Å². The van der Waals surface area contributed by atoms with Gasteiger partial charge in [-0.1, -0.05) is 23.7 Å². The highest BCUT2D eigenvalue weighted by Crippen LogP contribution is 2.30. The van der Waals surface area contributed by atoms with Crippen LogP contribution in [-0.2, 0) is 0 Å². The Morgan fingerprint density at radius 2 is 2.13 bits per heavy atom. The van der Waals surface area contributed by atoms with Crippen LogP contribution in [0.4, 0.5) is 3.89 Å². The molecule has 0 amide bonds. The molecule has 2 aromatic rings. The van der Waals surface area contributed by atoms with Crippen LogP contribution in [0.15, 0.2) is 35.1 Å². The largest absolute Gasteiger partial charge is 0.244 e. The maximum Gasteiger partial charge on any atom is 0.171 e. The van der Waals surface area contributed by atoms with E-state index in [1.165, 1.54) is 3.97 Å². The monoisotopic (exact) mass is 306 g/mol. The molecule has 1 aromatic heterocycles. The van der Waals surface area contributed by atoms with Gasteiger partial charge in [-0.3, -0.25) is 0 Å². The Bertz CT molecular complexity index is 489. The number of hydrogen-bond acceptors (Lipinski definition) is 2. The number of benzene rings is 1. The summed E-state index contributed by atoms with van der Waals surface area (Å²) in [5.74, 6) is 0.486. The molecule has 1 aromatic carbocycles. The molecule has 15 heavy (non-hydrogen) atoms. The third-order valence-corrected chi connectivity index (χ3v) is 2.97. The summed E-state index contributed by atoms with van der Waals surface area (Å²) in [5.41, 5.74) is 0.704. The Kier molecular flexibility index (Phi) is 3.33. The second kappa shape index (κ2) is 4.55. The summed E-state index contributed by atoms with van der Waals surface area (Å²) in [7, 11) is 0. The van der Waals surface area contributed by atoms with E-state index in [0.717, 1.165) is 0 Å². The van der Waals surface area contributed by atoms with Crippen molar-refractivity contribution in [3.63, 3.8) is 0 Å². The minimum atomic E-state index is 0.0853. The van der Waals surface area contributed by atoms with Gasteiger partial charge in [-0.25, -0.2) is 8.96 Å². The molecular formula is C9H5BrClFN2S. The summed E-state index contributed by atoms with van der Waals surface area (Å²) in [4.78, 5) is 4.15. The normalized spacial score (nSPS) is 10.6. The van der Waals surface area contributed by atoms with Crippen LogP contribution in [-0.4, -0.2) is 8.96 Å². The van der Waals surface area contributed by atoms with Gasteiger partial charge in [0.2, 0.25) is 0 Å². The minimum absolute atomic E-state index is 0.0853. The molecule has 0 aliphatic carbocycles. The molecular weight excluding hydrogens is 303 g/mol. The first-order chi connectivity index (χ1) is 7.22. The summed E-state index contributed by atoms with van der Waals surface area (Å²) < 4.78 is 14.5. The molecule has 0 aliphatic rings. The number of nitrogens with zero attached hydrogens (tertiary/aromatic N) is 2. The van der Waals surface area contributed by atoms with Gasteiger partial charge in [-0.2, -0.15) is 0 Å². The molecule has 78 valence electrons. The summed E-state index contributed by atoms with van der Waals surface area (Å²) in [6, 6.07) is 7.18.